The lowest BCUT2D eigenvalue weighted by Crippen LogP contribution is -2.26. The average molecular weight is 323 g/mol. The second-order valence-electron chi connectivity index (χ2n) is 5.00. The van der Waals surface area contributed by atoms with Gasteiger partial charge in [-0.1, -0.05) is 12.1 Å². The van der Waals surface area contributed by atoms with Gasteiger partial charge in [-0.2, -0.15) is 5.10 Å². The first-order chi connectivity index (χ1) is 10.4. The first-order valence-electron chi connectivity index (χ1n) is 6.60. The Morgan fingerprint density at radius 2 is 2.14 bits per heavy atom. The first-order valence-corrected chi connectivity index (χ1v) is 8.42. The van der Waals surface area contributed by atoms with Crippen LogP contribution in [0.1, 0.15) is 15.9 Å². The molecule has 3 N–H and O–H groups in total. The van der Waals surface area contributed by atoms with Crippen LogP contribution in [0.3, 0.4) is 0 Å². The van der Waals surface area contributed by atoms with Gasteiger partial charge < -0.3 is 10.8 Å². The highest BCUT2D eigenvalue weighted by Crippen LogP contribution is 2.11. The van der Waals surface area contributed by atoms with Crippen LogP contribution in [0, 0.1) is 0 Å². The van der Waals surface area contributed by atoms with Crippen molar-refractivity contribution in [2.24, 2.45) is 5.73 Å². The van der Waals surface area contributed by atoms with Crippen LogP contribution < -0.4 is 5.73 Å². The zero-order chi connectivity index (χ0) is 16.2. The number of hydrogen-bond donors (Lipinski definition) is 2. The molecule has 8 heteroatoms. The van der Waals surface area contributed by atoms with Crippen molar-refractivity contribution >= 4 is 15.7 Å². The van der Waals surface area contributed by atoms with Crippen LogP contribution in [-0.4, -0.2) is 41.1 Å². The summed E-state index contributed by atoms with van der Waals surface area (Å²) >= 11 is 0. The highest BCUT2D eigenvalue weighted by Gasteiger charge is 2.19. The number of carbonyl (C=O) groups excluding carboxylic acids is 1. The van der Waals surface area contributed by atoms with Gasteiger partial charge in [0.15, 0.2) is 9.84 Å². The number of amides is 1. The molecule has 1 amide bonds. The Morgan fingerprint density at radius 3 is 2.77 bits per heavy atom. The van der Waals surface area contributed by atoms with Gasteiger partial charge in [-0.25, -0.2) is 8.42 Å². The minimum Gasteiger partial charge on any atom is -0.390 e. The van der Waals surface area contributed by atoms with E-state index >= 15 is 0 Å². The molecular weight excluding hydrogens is 306 g/mol. The number of aliphatic hydroxyl groups excluding tert-OH is 1. The third kappa shape index (κ3) is 4.68. The van der Waals surface area contributed by atoms with Gasteiger partial charge in [0.25, 0.3) is 0 Å². The average Bonchev–Trinajstić information content (AvgIpc) is 2.90. The standard InChI is InChI=1S/C14H17N3O4S/c15-14(19)12-4-1-3-11(7-12)9-22(20,21)10-13(18)8-17-6-2-5-16-17/h1-7,13,18H,8-10H2,(H2,15,19). The fraction of sp³-hybridized carbons (Fsp3) is 0.286. The summed E-state index contributed by atoms with van der Waals surface area (Å²) in [6.45, 7) is 0.105. The number of nitrogens with zero attached hydrogens (tertiary/aromatic N) is 2. The summed E-state index contributed by atoms with van der Waals surface area (Å²) in [6, 6.07) is 7.83. The molecule has 0 radical (unpaired) electrons. The van der Waals surface area contributed by atoms with Crippen LogP contribution in [0.2, 0.25) is 0 Å². The van der Waals surface area contributed by atoms with Crippen molar-refractivity contribution < 1.29 is 18.3 Å². The van der Waals surface area contributed by atoms with Gasteiger partial charge in [-0.3, -0.25) is 9.48 Å². The summed E-state index contributed by atoms with van der Waals surface area (Å²) in [4.78, 5) is 11.1. The number of rotatable bonds is 7. The third-order valence-electron chi connectivity index (χ3n) is 3.00. The van der Waals surface area contributed by atoms with E-state index in [4.69, 9.17) is 5.73 Å². The van der Waals surface area contributed by atoms with E-state index < -0.39 is 21.8 Å². The quantitative estimate of drug-likeness (QED) is 0.741. The second kappa shape index (κ2) is 6.71. The Labute approximate surface area is 128 Å². The summed E-state index contributed by atoms with van der Waals surface area (Å²) in [5, 5.41) is 13.8. The van der Waals surface area contributed by atoms with Gasteiger partial charge in [0.1, 0.15) is 0 Å². The number of aromatic nitrogens is 2. The van der Waals surface area contributed by atoms with Crippen LogP contribution in [-0.2, 0) is 22.1 Å². The predicted octanol–water partition coefficient (Wildman–Crippen LogP) is -0.0421. The SMILES string of the molecule is NC(=O)c1cccc(CS(=O)(=O)CC(O)Cn2cccn2)c1. The number of carbonyl (C=O) groups is 1. The van der Waals surface area contributed by atoms with Gasteiger partial charge in [0.2, 0.25) is 5.91 Å². The molecule has 0 aliphatic heterocycles. The summed E-state index contributed by atoms with van der Waals surface area (Å²) in [7, 11) is -3.52. The molecule has 0 fully saturated rings. The third-order valence-corrected chi connectivity index (χ3v) is 4.67. The maximum Gasteiger partial charge on any atom is 0.248 e. The van der Waals surface area contributed by atoms with E-state index in [1.165, 1.54) is 16.8 Å². The zero-order valence-corrected chi connectivity index (χ0v) is 12.6. The number of benzene rings is 1. The van der Waals surface area contributed by atoms with Crippen molar-refractivity contribution in [2.75, 3.05) is 5.75 Å². The molecule has 7 nitrogen and oxygen atoms in total. The van der Waals surface area contributed by atoms with Gasteiger partial charge in [-0.15, -0.1) is 0 Å². The molecule has 1 heterocycles. The molecule has 0 aliphatic rings. The van der Waals surface area contributed by atoms with Crippen molar-refractivity contribution in [1.29, 1.82) is 0 Å². The van der Waals surface area contributed by atoms with Crippen LogP contribution in [0.4, 0.5) is 0 Å². The number of aliphatic hydroxyl groups is 1. The summed E-state index contributed by atoms with van der Waals surface area (Å²) in [5.74, 6) is -1.25. The molecule has 118 valence electrons. The Bertz CT molecular complexity index is 741. The maximum absolute atomic E-state index is 12.1. The minimum absolute atomic E-state index is 0.105. The first kappa shape index (κ1) is 16.2. The molecule has 1 unspecified atom stereocenters. The lowest BCUT2D eigenvalue weighted by molar-refractivity contribution is 0.1000. The van der Waals surface area contributed by atoms with Crippen molar-refractivity contribution in [2.45, 2.75) is 18.4 Å². The lowest BCUT2D eigenvalue weighted by Gasteiger charge is -2.11. The minimum atomic E-state index is -3.52. The van der Waals surface area contributed by atoms with Gasteiger partial charge >= 0.3 is 0 Å². The van der Waals surface area contributed by atoms with E-state index in [0.29, 0.717) is 5.56 Å². The number of sulfone groups is 1. The van der Waals surface area contributed by atoms with Gasteiger partial charge in [-0.05, 0) is 23.8 Å². The summed E-state index contributed by atoms with van der Waals surface area (Å²) in [6.07, 6.45) is 2.15. The molecule has 1 atom stereocenters. The molecule has 22 heavy (non-hydrogen) atoms. The fourth-order valence-electron chi connectivity index (χ4n) is 2.10. The molecule has 0 saturated heterocycles. The molecule has 0 saturated carbocycles. The molecule has 1 aromatic heterocycles. The van der Waals surface area contributed by atoms with Gasteiger partial charge in [0, 0.05) is 18.0 Å². The van der Waals surface area contributed by atoms with Crippen LogP contribution in [0.25, 0.3) is 0 Å². The monoisotopic (exact) mass is 323 g/mol. The lowest BCUT2D eigenvalue weighted by atomic mass is 10.1. The highest BCUT2D eigenvalue weighted by molar-refractivity contribution is 7.90. The van der Waals surface area contributed by atoms with E-state index in [1.807, 2.05) is 0 Å². The normalized spacial score (nSPS) is 13.0. The maximum atomic E-state index is 12.1. The smallest absolute Gasteiger partial charge is 0.248 e. The van der Waals surface area contributed by atoms with Crippen molar-refractivity contribution in [3.05, 3.63) is 53.9 Å². The van der Waals surface area contributed by atoms with Crippen LogP contribution in [0.15, 0.2) is 42.7 Å². The fourth-order valence-corrected chi connectivity index (χ4v) is 3.59. The van der Waals surface area contributed by atoms with E-state index in [1.54, 1.807) is 30.6 Å². The summed E-state index contributed by atoms with van der Waals surface area (Å²) in [5.41, 5.74) is 5.88. The Morgan fingerprint density at radius 1 is 1.36 bits per heavy atom. The van der Waals surface area contributed by atoms with E-state index in [2.05, 4.69) is 5.10 Å². The van der Waals surface area contributed by atoms with Gasteiger partial charge in [0.05, 0.1) is 24.2 Å². The zero-order valence-electron chi connectivity index (χ0n) is 11.8. The van der Waals surface area contributed by atoms with Crippen molar-refractivity contribution in [3.63, 3.8) is 0 Å². The summed E-state index contributed by atoms with van der Waals surface area (Å²) < 4.78 is 25.7. The number of hydrogen-bond acceptors (Lipinski definition) is 5. The molecule has 2 rings (SSSR count). The van der Waals surface area contributed by atoms with Crippen molar-refractivity contribution in [3.8, 4) is 0 Å². The molecular formula is C14H17N3O4S. The molecule has 0 bridgehead atoms. The van der Waals surface area contributed by atoms with E-state index in [9.17, 15) is 18.3 Å². The van der Waals surface area contributed by atoms with Crippen LogP contribution in [0.5, 0.6) is 0 Å². The number of primary amides is 1. The van der Waals surface area contributed by atoms with E-state index in [-0.39, 0.29) is 23.6 Å². The van der Waals surface area contributed by atoms with Crippen molar-refractivity contribution in [1.82, 2.24) is 9.78 Å². The van der Waals surface area contributed by atoms with E-state index in [0.717, 1.165) is 0 Å². The molecule has 0 spiro atoms. The molecule has 1 aromatic carbocycles. The second-order valence-corrected chi connectivity index (χ2v) is 7.11. The molecule has 0 aliphatic carbocycles. The Hall–Kier alpha value is -2.19. The predicted molar refractivity (Wildman–Crippen MR) is 80.7 cm³/mol. The highest BCUT2D eigenvalue weighted by atomic mass is 32.2. The molecule has 2 aromatic rings. The Balaban J connectivity index is 2.01. The topological polar surface area (TPSA) is 115 Å². The largest absolute Gasteiger partial charge is 0.390 e. The Kier molecular flexibility index (Phi) is 4.94. The number of nitrogens with two attached hydrogens (primary N) is 1. The van der Waals surface area contributed by atoms with Crippen LogP contribution >= 0.6 is 0 Å².